The number of halogens is 3. The van der Waals surface area contributed by atoms with Gasteiger partial charge in [0, 0.05) is 23.4 Å². The molecule has 10 heteroatoms. The lowest BCUT2D eigenvalue weighted by molar-refractivity contribution is -0.127. The number of nitrogens with one attached hydrogen (secondary N) is 1. The maximum Gasteiger partial charge on any atom is 0.393 e. The number of hydrogen-bond acceptors (Lipinski definition) is 5. The van der Waals surface area contributed by atoms with Crippen molar-refractivity contribution in [2.75, 3.05) is 21.2 Å². The van der Waals surface area contributed by atoms with E-state index in [1.165, 1.54) is 18.0 Å². The SMILES string of the molecule is COc1cc(-c2n[nH]c(-c3ccc([C@H](C)N(C)C)cc3)c2CC(F)(F)F)cn2ncnc12. The summed E-state index contributed by atoms with van der Waals surface area (Å²) in [4.78, 5) is 6.17. The topological polar surface area (TPSA) is 71.3 Å². The van der Waals surface area contributed by atoms with Gasteiger partial charge in [-0.2, -0.15) is 23.4 Å². The van der Waals surface area contributed by atoms with Crippen LogP contribution < -0.4 is 4.74 Å². The molecule has 0 saturated carbocycles. The number of alkyl halides is 3. The van der Waals surface area contributed by atoms with Crippen LogP contribution in [-0.4, -0.2) is 57.1 Å². The third kappa shape index (κ3) is 4.18. The molecule has 0 fully saturated rings. The Morgan fingerprint density at radius 2 is 1.88 bits per heavy atom. The largest absolute Gasteiger partial charge is 0.493 e. The fourth-order valence-corrected chi connectivity index (χ4v) is 3.62. The molecule has 32 heavy (non-hydrogen) atoms. The smallest absolute Gasteiger partial charge is 0.393 e. The van der Waals surface area contributed by atoms with Gasteiger partial charge in [-0.3, -0.25) is 5.10 Å². The van der Waals surface area contributed by atoms with Crippen LogP contribution >= 0.6 is 0 Å². The molecule has 3 aromatic heterocycles. The summed E-state index contributed by atoms with van der Waals surface area (Å²) in [5.74, 6) is 0.393. The number of aromatic nitrogens is 5. The second-order valence-electron chi connectivity index (χ2n) is 7.80. The summed E-state index contributed by atoms with van der Waals surface area (Å²) in [6.07, 6.45) is -2.59. The summed E-state index contributed by atoms with van der Waals surface area (Å²) in [7, 11) is 5.42. The first-order valence-electron chi connectivity index (χ1n) is 9.96. The Kier molecular flexibility index (Phi) is 5.64. The van der Waals surface area contributed by atoms with Crippen molar-refractivity contribution in [3.8, 4) is 28.3 Å². The molecule has 168 valence electrons. The van der Waals surface area contributed by atoms with Crippen LogP contribution in [-0.2, 0) is 6.42 Å². The molecule has 1 N–H and O–H groups in total. The molecular weight excluding hydrogens is 421 g/mol. The van der Waals surface area contributed by atoms with Crippen LogP contribution in [0.15, 0.2) is 42.9 Å². The average molecular weight is 444 g/mol. The minimum atomic E-state index is -4.41. The van der Waals surface area contributed by atoms with Crippen LogP contribution in [0.2, 0.25) is 0 Å². The van der Waals surface area contributed by atoms with Crippen molar-refractivity contribution in [2.45, 2.75) is 25.6 Å². The van der Waals surface area contributed by atoms with E-state index in [4.69, 9.17) is 4.74 Å². The molecule has 0 aliphatic heterocycles. The molecule has 0 aliphatic rings. The molecule has 4 aromatic rings. The summed E-state index contributed by atoms with van der Waals surface area (Å²) < 4.78 is 47.4. The lowest BCUT2D eigenvalue weighted by Crippen LogP contribution is -2.16. The summed E-state index contributed by atoms with van der Waals surface area (Å²) in [5, 5.41) is 11.1. The van der Waals surface area contributed by atoms with Crippen LogP contribution in [0.4, 0.5) is 13.2 Å². The Balaban J connectivity index is 1.82. The highest BCUT2D eigenvalue weighted by Crippen LogP contribution is 2.36. The Morgan fingerprint density at radius 3 is 2.50 bits per heavy atom. The highest BCUT2D eigenvalue weighted by atomic mass is 19.4. The average Bonchev–Trinajstić information content (AvgIpc) is 3.38. The number of methoxy groups -OCH3 is 1. The van der Waals surface area contributed by atoms with E-state index in [0.29, 0.717) is 28.2 Å². The number of aromatic amines is 1. The first kappa shape index (κ1) is 21.8. The fraction of sp³-hybridized carbons (Fsp3) is 0.318. The van der Waals surface area contributed by atoms with E-state index in [1.54, 1.807) is 12.3 Å². The van der Waals surface area contributed by atoms with Crippen molar-refractivity contribution >= 4 is 5.65 Å². The lowest BCUT2D eigenvalue weighted by atomic mass is 9.98. The third-order valence-corrected chi connectivity index (χ3v) is 5.54. The van der Waals surface area contributed by atoms with Gasteiger partial charge in [0.1, 0.15) is 6.33 Å². The van der Waals surface area contributed by atoms with Gasteiger partial charge in [0.15, 0.2) is 11.4 Å². The van der Waals surface area contributed by atoms with Gasteiger partial charge in [0.25, 0.3) is 0 Å². The normalized spacial score (nSPS) is 13.1. The van der Waals surface area contributed by atoms with Gasteiger partial charge in [-0.1, -0.05) is 24.3 Å². The van der Waals surface area contributed by atoms with Crippen molar-refractivity contribution in [1.29, 1.82) is 0 Å². The van der Waals surface area contributed by atoms with E-state index in [1.807, 2.05) is 38.4 Å². The second-order valence-corrected chi connectivity index (χ2v) is 7.80. The number of nitrogens with zero attached hydrogens (tertiary/aromatic N) is 5. The molecule has 0 bridgehead atoms. The van der Waals surface area contributed by atoms with Gasteiger partial charge in [0.2, 0.25) is 0 Å². The Bertz CT molecular complexity index is 1230. The highest BCUT2D eigenvalue weighted by Gasteiger charge is 2.32. The van der Waals surface area contributed by atoms with E-state index >= 15 is 0 Å². The van der Waals surface area contributed by atoms with Gasteiger partial charge in [-0.25, -0.2) is 9.50 Å². The van der Waals surface area contributed by atoms with Gasteiger partial charge in [-0.15, -0.1) is 0 Å². The predicted octanol–water partition coefficient (Wildman–Crippen LogP) is 4.52. The number of rotatable bonds is 6. The molecule has 0 unspecified atom stereocenters. The standard InChI is InChI=1S/C22H23F3N6O/c1-13(30(2)3)14-5-7-15(8-6-14)19-17(10-22(23,24)25)20(29-28-19)16-9-18(32-4)21-26-12-27-31(21)11-16/h5-9,11-13H,10H2,1-4H3,(H,28,29)/t13-/m0/s1. The first-order chi connectivity index (χ1) is 15.2. The van der Waals surface area contributed by atoms with Crippen LogP contribution in [0.25, 0.3) is 28.2 Å². The van der Waals surface area contributed by atoms with E-state index in [9.17, 15) is 13.2 Å². The van der Waals surface area contributed by atoms with E-state index < -0.39 is 12.6 Å². The number of H-pyrrole nitrogens is 1. The van der Waals surface area contributed by atoms with Crippen molar-refractivity contribution < 1.29 is 17.9 Å². The predicted molar refractivity (Wildman–Crippen MR) is 114 cm³/mol. The minimum Gasteiger partial charge on any atom is -0.493 e. The maximum atomic E-state index is 13.5. The molecule has 0 amide bonds. The van der Waals surface area contributed by atoms with Crippen LogP contribution in [0.1, 0.15) is 24.1 Å². The quantitative estimate of drug-likeness (QED) is 0.473. The number of hydrogen-bond donors (Lipinski definition) is 1. The van der Waals surface area contributed by atoms with Crippen molar-refractivity contribution in [2.24, 2.45) is 0 Å². The lowest BCUT2D eigenvalue weighted by Gasteiger charge is -2.20. The number of benzene rings is 1. The van der Waals surface area contributed by atoms with Gasteiger partial charge >= 0.3 is 6.18 Å². The zero-order valence-corrected chi connectivity index (χ0v) is 18.1. The Morgan fingerprint density at radius 1 is 1.16 bits per heavy atom. The zero-order chi connectivity index (χ0) is 23.0. The van der Waals surface area contributed by atoms with E-state index in [0.717, 1.165) is 5.56 Å². The molecule has 7 nitrogen and oxygen atoms in total. The highest BCUT2D eigenvalue weighted by molar-refractivity contribution is 5.76. The molecular formula is C22H23F3N6O. The first-order valence-corrected chi connectivity index (χ1v) is 9.96. The molecule has 0 aliphatic carbocycles. The Hall–Kier alpha value is -3.40. The van der Waals surface area contributed by atoms with Crippen LogP contribution in [0, 0.1) is 0 Å². The fourth-order valence-electron chi connectivity index (χ4n) is 3.62. The zero-order valence-electron chi connectivity index (χ0n) is 18.1. The summed E-state index contributed by atoms with van der Waals surface area (Å²) in [5.41, 5.74) is 3.20. The van der Waals surface area contributed by atoms with Gasteiger partial charge in [0.05, 0.1) is 24.9 Å². The molecule has 1 atom stereocenters. The van der Waals surface area contributed by atoms with E-state index in [-0.39, 0.29) is 17.3 Å². The summed E-state index contributed by atoms with van der Waals surface area (Å²) in [6.45, 7) is 2.06. The molecule has 0 radical (unpaired) electrons. The third-order valence-electron chi connectivity index (χ3n) is 5.54. The van der Waals surface area contributed by atoms with Crippen molar-refractivity contribution in [3.05, 3.63) is 54.0 Å². The summed E-state index contributed by atoms with van der Waals surface area (Å²) >= 11 is 0. The van der Waals surface area contributed by atoms with Crippen molar-refractivity contribution in [3.63, 3.8) is 0 Å². The second kappa shape index (κ2) is 8.27. The van der Waals surface area contributed by atoms with Gasteiger partial charge in [-0.05, 0) is 38.2 Å². The van der Waals surface area contributed by atoms with Crippen LogP contribution in [0.5, 0.6) is 5.75 Å². The van der Waals surface area contributed by atoms with E-state index in [2.05, 4.69) is 32.1 Å². The van der Waals surface area contributed by atoms with Gasteiger partial charge < -0.3 is 9.64 Å². The minimum absolute atomic E-state index is 0.0624. The summed E-state index contributed by atoms with van der Waals surface area (Å²) in [6, 6.07) is 9.26. The molecule has 0 saturated heterocycles. The number of fused-ring (bicyclic) bond motifs is 1. The molecule has 4 rings (SSSR count). The molecule has 1 aromatic carbocycles. The number of ether oxygens (including phenoxy) is 1. The van der Waals surface area contributed by atoms with Crippen molar-refractivity contribution in [1.82, 2.24) is 29.7 Å². The van der Waals surface area contributed by atoms with Crippen LogP contribution in [0.3, 0.4) is 0 Å². The number of pyridine rings is 1. The molecule has 0 spiro atoms. The Labute approximate surface area is 182 Å². The molecule has 3 heterocycles. The monoisotopic (exact) mass is 444 g/mol. The maximum absolute atomic E-state index is 13.5.